The van der Waals surface area contributed by atoms with Crippen molar-refractivity contribution in [3.8, 4) is 5.75 Å². The van der Waals surface area contributed by atoms with Crippen molar-refractivity contribution >= 4 is 0 Å². The molecule has 1 heteroatoms. The van der Waals surface area contributed by atoms with E-state index in [4.69, 9.17) is 0 Å². The van der Waals surface area contributed by atoms with Crippen LogP contribution in [0.1, 0.15) is 95.2 Å². The highest BCUT2D eigenvalue weighted by Gasteiger charge is 2.24. The van der Waals surface area contributed by atoms with Gasteiger partial charge in [-0.15, -0.1) is 0 Å². The molecule has 0 aromatic heterocycles. The van der Waals surface area contributed by atoms with Gasteiger partial charge in [0.25, 0.3) is 0 Å². The summed E-state index contributed by atoms with van der Waals surface area (Å²) in [6.45, 7) is 9.03. The Bertz CT molecular complexity index is 461. The number of hydrogen-bond acceptors (Lipinski definition) is 1. The Morgan fingerprint density at radius 3 is 2.33 bits per heavy atom. The van der Waals surface area contributed by atoms with Gasteiger partial charge in [-0.1, -0.05) is 65.5 Å². The minimum absolute atomic E-state index is 0.151. The molecule has 2 rings (SSSR count). The minimum Gasteiger partial charge on any atom is -0.507 e. The fourth-order valence-electron chi connectivity index (χ4n) is 3.43. The van der Waals surface area contributed by atoms with Crippen LogP contribution in [0.15, 0.2) is 12.1 Å². The molecular formula is C20H32O. The lowest BCUT2D eigenvalue weighted by Crippen LogP contribution is -2.14. The summed E-state index contributed by atoms with van der Waals surface area (Å²) in [5, 5.41) is 10.8. The lowest BCUT2D eigenvalue weighted by molar-refractivity contribution is 0.409. The maximum atomic E-state index is 10.8. The van der Waals surface area contributed by atoms with E-state index in [1.165, 1.54) is 55.2 Å². The summed E-state index contributed by atoms with van der Waals surface area (Å²) in [5.41, 5.74) is 3.93. The van der Waals surface area contributed by atoms with Gasteiger partial charge in [-0.3, -0.25) is 0 Å². The number of unbranched alkanes of at least 4 members (excludes halogenated alkanes) is 1. The average molecular weight is 288 g/mol. The summed E-state index contributed by atoms with van der Waals surface area (Å²) in [6.07, 6.45) is 9.82. The van der Waals surface area contributed by atoms with Crippen molar-refractivity contribution < 1.29 is 5.11 Å². The van der Waals surface area contributed by atoms with E-state index in [9.17, 15) is 5.11 Å². The molecule has 0 aliphatic heterocycles. The summed E-state index contributed by atoms with van der Waals surface area (Å²) in [4.78, 5) is 0. The van der Waals surface area contributed by atoms with Crippen LogP contribution < -0.4 is 0 Å². The number of phenols is 1. The number of hydrogen-bond donors (Lipinski definition) is 1. The molecule has 0 amide bonds. The summed E-state index contributed by atoms with van der Waals surface area (Å²) in [7, 11) is 0. The zero-order chi connectivity index (χ0) is 15.5. The fraction of sp³-hybridized carbons (Fsp3) is 0.700. The van der Waals surface area contributed by atoms with Crippen molar-refractivity contribution in [3.63, 3.8) is 0 Å². The molecule has 1 aromatic rings. The minimum atomic E-state index is 0.151. The van der Waals surface area contributed by atoms with Gasteiger partial charge < -0.3 is 5.11 Å². The molecule has 1 saturated carbocycles. The Morgan fingerprint density at radius 2 is 1.76 bits per heavy atom. The summed E-state index contributed by atoms with van der Waals surface area (Å²) < 4.78 is 0. The Labute approximate surface area is 130 Å². The van der Waals surface area contributed by atoms with Crippen molar-refractivity contribution in [2.75, 3.05) is 0 Å². The van der Waals surface area contributed by atoms with Crippen LogP contribution in [0.5, 0.6) is 5.75 Å². The average Bonchev–Trinajstić information content (AvgIpc) is 2.46. The van der Waals surface area contributed by atoms with Gasteiger partial charge in [0.2, 0.25) is 0 Å². The third-order valence-electron chi connectivity index (χ3n) is 4.93. The fourth-order valence-corrected chi connectivity index (χ4v) is 3.43. The lowest BCUT2D eigenvalue weighted by Gasteiger charge is -2.27. The van der Waals surface area contributed by atoms with E-state index in [1.807, 2.05) is 0 Å². The van der Waals surface area contributed by atoms with Crippen LogP contribution >= 0.6 is 0 Å². The first kappa shape index (κ1) is 16.4. The largest absolute Gasteiger partial charge is 0.507 e. The van der Waals surface area contributed by atoms with Crippen LogP contribution in [-0.2, 0) is 11.8 Å². The second-order valence-electron chi connectivity index (χ2n) is 7.76. The smallest absolute Gasteiger partial charge is 0.122 e. The number of aromatic hydroxyl groups is 1. The van der Waals surface area contributed by atoms with Gasteiger partial charge in [0.05, 0.1) is 0 Å². The highest BCUT2D eigenvalue weighted by Crippen LogP contribution is 2.41. The highest BCUT2D eigenvalue weighted by molar-refractivity contribution is 5.47. The first-order chi connectivity index (χ1) is 9.93. The normalized spacial score (nSPS) is 17.1. The first-order valence-corrected chi connectivity index (χ1v) is 8.79. The second-order valence-corrected chi connectivity index (χ2v) is 7.76. The number of aryl methyl sites for hydroxylation is 1. The molecule has 0 saturated heterocycles. The molecule has 0 atom stereocenters. The Hall–Kier alpha value is -0.980. The van der Waals surface area contributed by atoms with Gasteiger partial charge in [-0.2, -0.15) is 0 Å². The molecule has 0 unspecified atom stereocenters. The van der Waals surface area contributed by atoms with Gasteiger partial charge in [0, 0.05) is 0 Å². The van der Waals surface area contributed by atoms with Gasteiger partial charge in [0.15, 0.2) is 0 Å². The molecule has 1 aliphatic rings. The van der Waals surface area contributed by atoms with Crippen LogP contribution in [0, 0.1) is 0 Å². The molecule has 0 radical (unpaired) electrons. The molecule has 1 aromatic carbocycles. The topological polar surface area (TPSA) is 20.2 Å². The zero-order valence-corrected chi connectivity index (χ0v) is 14.3. The summed E-state index contributed by atoms with van der Waals surface area (Å²) in [6, 6.07) is 4.54. The standard InChI is InChI=1S/C20H32O/c1-5-6-10-16-13-17(20(2,3)4)14-18(19(16)21)15-11-8-7-9-12-15/h13-15,21H,5-12H2,1-4H3. The predicted molar refractivity (Wildman–Crippen MR) is 91.2 cm³/mol. The monoisotopic (exact) mass is 288 g/mol. The summed E-state index contributed by atoms with van der Waals surface area (Å²) in [5.74, 6) is 1.17. The Morgan fingerprint density at radius 1 is 1.10 bits per heavy atom. The second kappa shape index (κ2) is 6.85. The van der Waals surface area contributed by atoms with E-state index in [0.717, 1.165) is 12.8 Å². The molecule has 1 fully saturated rings. The molecule has 0 spiro atoms. The first-order valence-electron chi connectivity index (χ1n) is 8.79. The van der Waals surface area contributed by atoms with Gasteiger partial charge in [-0.05, 0) is 53.7 Å². The highest BCUT2D eigenvalue weighted by atomic mass is 16.3. The van der Waals surface area contributed by atoms with E-state index >= 15 is 0 Å². The van der Waals surface area contributed by atoms with Gasteiger partial charge in [-0.25, -0.2) is 0 Å². The van der Waals surface area contributed by atoms with Crippen LogP contribution in [-0.4, -0.2) is 5.11 Å². The van der Waals surface area contributed by atoms with Crippen molar-refractivity contribution in [2.45, 2.75) is 90.4 Å². The quantitative estimate of drug-likeness (QED) is 0.711. The van der Waals surface area contributed by atoms with Crippen LogP contribution in [0.4, 0.5) is 0 Å². The molecule has 1 aliphatic carbocycles. The van der Waals surface area contributed by atoms with E-state index in [-0.39, 0.29) is 5.41 Å². The molecular weight excluding hydrogens is 256 g/mol. The predicted octanol–water partition coefficient (Wildman–Crippen LogP) is 6.08. The SMILES string of the molecule is CCCCc1cc(C(C)(C)C)cc(C2CCCCC2)c1O. The zero-order valence-electron chi connectivity index (χ0n) is 14.3. The van der Waals surface area contributed by atoms with Crippen molar-refractivity contribution in [2.24, 2.45) is 0 Å². The van der Waals surface area contributed by atoms with E-state index in [1.54, 1.807) is 0 Å². The van der Waals surface area contributed by atoms with Crippen LogP contribution in [0.2, 0.25) is 0 Å². The van der Waals surface area contributed by atoms with Crippen molar-refractivity contribution in [1.82, 2.24) is 0 Å². The molecule has 118 valence electrons. The van der Waals surface area contributed by atoms with E-state index < -0.39 is 0 Å². The lowest BCUT2D eigenvalue weighted by atomic mass is 9.78. The van der Waals surface area contributed by atoms with Gasteiger partial charge in [0.1, 0.15) is 5.75 Å². The van der Waals surface area contributed by atoms with Crippen LogP contribution in [0.3, 0.4) is 0 Å². The molecule has 21 heavy (non-hydrogen) atoms. The number of rotatable bonds is 4. The molecule has 1 N–H and O–H groups in total. The van der Waals surface area contributed by atoms with Crippen LogP contribution in [0.25, 0.3) is 0 Å². The van der Waals surface area contributed by atoms with E-state index in [0.29, 0.717) is 11.7 Å². The molecule has 0 bridgehead atoms. The van der Waals surface area contributed by atoms with Gasteiger partial charge >= 0.3 is 0 Å². The number of benzene rings is 1. The Kier molecular flexibility index (Phi) is 5.35. The van der Waals surface area contributed by atoms with Crippen molar-refractivity contribution in [1.29, 1.82) is 0 Å². The summed E-state index contributed by atoms with van der Waals surface area (Å²) >= 11 is 0. The van der Waals surface area contributed by atoms with Crippen molar-refractivity contribution in [3.05, 3.63) is 28.8 Å². The Balaban J connectivity index is 2.41. The maximum absolute atomic E-state index is 10.8. The third kappa shape index (κ3) is 4.02. The molecule has 0 heterocycles. The maximum Gasteiger partial charge on any atom is 0.122 e. The number of phenolic OH excluding ortho intramolecular Hbond substituents is 1. The molecule has 1 nitrogen and oxygen atoms in total. The third-order valence-corrected chi connectivity index (χ3v) is 4.93. The van der Waals surface area contributed by atoms with E-state index in [2.05, 4.69) is 39.8 Å².